The molecule has 0 aliphatic carbocycles. The van der Waals surface area contributed by atoms with Crippen molar-refractivity contribution in [2.24, 2.45) is 0 Å². The summed E-state index contributed by atoms with van der Waals surface area (Å²) in [6.07, 6.45) is 0.855. The number of carbonyl (C=O) groups is 1. The molecular formula is C13H13Cl2N3O2S. The van der Waals surface area contributed by atoms with Crippen molar-refractivity contribution >= 4 is 40.9 Å². The summed E-state index contributed by atoms with van der Waals surface area (Å²) in [5, 5.41) is 18.5. The Hall–Kier alpha value is -1.24. The first kappa shape index (κ1) is 16.1. The van der Waals surface area contributed by atoms with Crippen molar-refractivity contribution < 1.29 is 9.90 Å². The molecule has 0 amide bonds. The first-order chi connectivity index (χ1) is 10.0. The van der Waals surface area contributed by atoms with E-state index < -0.39 is 5.97 Å². The van der Waals surface area contributed by atoms with Crippen molar-refractivity contribution in [3.8, 4) is 11.4 Å². The molecule has 0 saturated carbocycles. The molecular weight excluding hydrogens is 333 g/mol. The fraction of sp³-hybridized carbons (Fsp3) is 0.308. The highest BCUT2D eigenvalue weighted by Gasteiger charge is 2.19. The van der Waals surface area contributed by atoms with Gasteiger partial charge in [-0.15, -0.1) is 10.2 Å². The third-order valence-electron chi connectivity index (χ3n) is 2.68. The lowest BCUT2D eigenvalue weighted by Gasteiger charge is -2.10. The first-order valence-electron chi connectivity index (χ1n) is 6.26. The lowest BCUT2D eigenvalue weighted by molar-refractivity contribution is -0.133. The van der Waals surface area contributed by atoms with Crippen LogP contribution in [0.5, 0.6) is 0 Å². The zero-order chi connectivity index (χ0) is 15.4. The van der Waals surface area contributed by atoms with Gasteiger partial charge < -0.3 is 9.67 Å². The highest BCUT2D eigenvalue weighted by atomic mass is 35.5. The van der Waals surface area contributed by atoms with Gasteiger partial charge in [-0.1, -0.05) is 48.0 Å². The zero-order valence-corrected chi connectivity index (χ0v) is 13.5. The highest BCUT2D eigenvalue weighted by Crippen LogP contribution is 2.35. The van der Waals surface area contributed by atoms with Gasteiger partial charge in [0.25, 0.3) is 0 Å². The Balaban J connectivity index is 2.46. The van der Waals surface area contributed by atoms with Crippen LogP contribution in [0, 0.1) is 0 Å². The van der Waals surface area contributed by atoms with Crippen LogP contribution < -0.4 is 0 Å². The number of hydrogen-bond acceptors (Lipinski definition) is 4. The second-order valence-electron chi connectivity index (χ2n) is 4.24. The number of rotatable bonds is 6. The number of aromatic nitrogens is 3. The summed E-state index contributed by atoms with van der Waals surface area (Å²) < 4.78 is 1.85. The van der Waals surface area contributed by atoms with Crippen LogP contribution in [0.2, 0.25) is 10.0 Å². The molecule has 1 heterocycles. The molecule has 0 aliphatic heterocycles. The maximum Gasteiger partial charge on any atom is 0.313 e. The molecule has 0 atom stereocenters. The number of aliphatic carboxylic acids is 1. The van der Waals surface area contributed by atoms with Crippen molar-refractivity contribution in [1.82, 2.24) is 14.8 Å². The number of carboxylic acids is 1. The number of carboxylic acid groups (broad SMARTS) is 1. The van der Waals surface area contributed by atoms with Gasteiger partial charge in [0.05, 0.1) is 21.4 Å². The molecule has 2 aromatic rings. The van der Waals surface area contributed by atoms with E-state index in [1.807, 2.05) is 11.5 Å². The van der Waals surface area contributed by atoms with E-state index in [2.05, 4.69) is 10.2 Å². The Labute approximate surface area is 136 Å². The number of hydrogen-bond donors (Lipinski definition) is 1. The predicted octanol–water partition coefficient (Wildman–Crippen LogP) is 3.84. The number of thioether (sulfide) groups is 1. The summed E-state index contributed by atoms with van der Waals surface area (Å²) in [5.41, 5.74) is 0.615. The number of benzene rings is 1. The molecule has 0 unspecified atom stereocenters. The molecule has 112 valence electrons. The van der Waals surface area contributed by atoms with E-state index in [0.717, 1.165) is 18.2 Å². The summed E-state index contributed by atoms with van der Waals surface area (Å²) in [7, 11) is 0. The molecule has 1 aromatic carbocycles. The molecule has 1 aromatic heterocycles. The van der Waals surface area contributed by atoms with Crippen molar-refractivity contribution in [2.75, 3.05) is 5.75 Å². The van der Waals surface area contributed by atoms with Gasteiger partial charge in [0.1, 0.15) is 0 Å². The van der Waals surface area contributed by atoms with Crippen molar-refractivity contribution in [2.45, 2.75) is 25.0 Å². The van der Waals surface area contributed by atoms with Crippen LogP contribution in [0.3, 0.4) is 0 Å². The third-order valence-corrected chi connectivity index (χ3v) is 4.26. The van der Waals surface area contributed by atoms with E-state index in [9.17, 15) is 4.79 Å². The number of halogens is 2. The molecule has 0 radical (unpaired) electrons. The Bertz CT molecular complexity index is 641. The Kier molecular flexibility index (Phi) is 5.50. The first-order valence-corrected chi connectivity index (χ1v) is 8.01. The molecule has 0 spiro atoms. The van der Waals surface area contributed by atoms with Gasteiger partial charge >= 0.3 is 5.97 Å². The summed E-state index contributed by atoms with van der Waals surface area (Å²) in [6, 6.07) is 5.23. The minimum Gasteiger partial charge on any atom is -0.481 e. The molecule has 1 N–H and O–H groups in total. The topological polar surface area (TPSA) is 68.0 Å². The van der Waals surface area contributed by atoms with Gasteiger partial charge in [-0.05, 0) is 18.6 Å². The molecule has 0 aliphatic rings. The van der Waals surface area contributed by atoms with Crippen LogP contribution in [0.15, 0.2) is 23.4 Å². The SMILES string of the molecule is CCCn1c(SCC(=O)O)nnc1-c1c(Cl)cccc1Cl. The van der Waals surface area contributed by atoms with Crippen LogP contribution in [0.4, 0.5) is 0 Å². The lowest BCUT2D eigenvalue weighted by atomic mass is 10.2. The van der Waals surface area contributed by atoms with Crippen molar-refractivity contribution in [1.29, 1.82) is 0 Å². The quantitative estimate of drug-likeness (QED) is 0.805. The lowest BCUT2D eigenvalue weighted by Crippen LogP contribution is -2.05. The number of nitrogens with zero attached hydrogens (tertiary/aromatic N) is 3. The van der Waals surface area contributed by atoms with Crippen molar-refractivity contribution in [3.63, 3.8) is 0 Å². The fourth-order valence-electron chi connectivity index (χ4n) is 1.84. The smallest absolute Gasteiger partial charge is 0.313 e. The molecule has 2 rings (SSSR count). The van der Waals surface area contributed by atoms with Gasteiger partial charge in [-0.2, -0.15) is 0 Å². The van der Waals surface area contributed by atoms with Gasteiger partial charge in [0, 0.05) is 6.54 Å². The maximum absolute atomic E-state index is 10.7. The third kappa shape index (κ3) is 3.70. The van der Waals surface area contributed by atoms with Crippen LogP contribution >= 0.6 is 35.0 Å². The van der Waals surface area contributed by atoms with E-state index in [4.69, 9.17) is 28.3 Å². The Morgan fingerprint density at radius 3 is 2.57 bits per heavy atom. The normalized spacial score (nSPS) is 10.8. The molecule has 8 heteroatoms. The van der Waals surface area contributed by atoms with Crippen LogP contribution in [0.1, 0.15) is 13.3 Å². The monoisotopic (exact) mass is 345 g/mol. The standard InChI is InChI=1S/C13H13Cl2N3O2S/c1-2-6-18-12(11-8(14)4-3-5-9(11)15)16-17-13(18)21-7-10(19)20/h3-5H,2,6-7H2,1H3,(H,19,20). The summed E-state index contributed by atoms with van der Waals surface area (Å²) in [4.78, 5) is 10.7. The van der Waals surface area contributed by atoms with Crippen LogP contribution in [-0.4, -0.2) is 31.6 Å². The molecule has 0 fully saturated rings. The minimum absolute atomic E-state index is 0.0713. The Morgan fingerprint density at radius 1 is 1.33 bits per heavy atom. The molecule has 0 bridgehead atoms. The van der Waals surface area contributed by atoms with Crippen molar-refractivity contribution in [3.05, 3.63) is 28.2 Å². The van der Waals surface area contributed by atoms with E-state index in [1.165, 1.54) is 0 Å². The van der Waals surface area contributed by atoms with E-state index >= 15 is 0 Å². The van der Waals surface area contributed by atoms with E-state index in [0.29, 0.717) is 33.1 Å². The van der Waals surface area contributed by atoms with Gasteiger partial charge in [-0.25, -0.2) is 0 Å². The highest BCUT2D eigenvalue weighted by molar-refractivity contribution is 7.99. The summed E-state index contributed by atoms with van der Waals surface area (Å²) >= 11 is 13.5. The fourth-order valence-corrected chi connectivity index (χ4v) is 3.09. The predicted molar refractivity (Wildman–Crippen MR) is 84.1 cm³/mol. The maximum atomic E-state index is 10.7. The largest absolute Gasteiger partial charge is 0.481 e. The van der Waals surface area contributed by atoms with Gasteiger partial charge in [-0.3, -0.25) is 4.79 Å². The zero-order valence-electron chi connectivity index (χ0n) is 11.2. The Morgan fingerprint density at radius 2 is 2.00 bits per heavy atom. The molecule has 21 heavy (non-hydrogen) atoms. The second kappa shape index (κ2) is 7.15. The van der Waals surface area contributed by atoms with Crippen LogP contribution in [0.25, 0.3) is 11.4 Å². The average molecular weight is 346 g/mol. The second-order valence-corrected chi connectivity index (χ2v) is 5.99. The van der Waals surface area contributed by atoms with Crippen LogP contribution in [-0.2, 0) is 11.3 Å². The average Bonchev–Trinajstić information content (AvgIpc) is 2.80. The van der Waals surface area contributed by atoms with E-state index in [1.54, 1.807) is 18.2 Å². The molecule has 5 nitrogen and oxygen atoms in total. The van der Waals surface area contributed by atoms with Gasteiger partial charge in [0.15, 0.2) is 11.0 Å². The summed E-state index contributed by atoms with van der Waals surface area (Å²) in [6.45, 7) is 2.68. The van der Waals surface area contributed by atoms with Gasteiger partial charge in [0.2, 0.25) is 0 Å². The minimum atomic E-state index is -0.900. The van der Waals surface area contributed by atoms with E-state index in [-0.39, 0.29) is 5.75 Å². The summed E-state index contributed by atoms with van der Waals surface area (Å²) in [5.74, 6) is -0.415. The molecule has 0 saturated heterocycles.